The van der Waals surface area contributed by atoms with E-state index in [9.17, 15) is 13.6 Å². The average Bonchev–Trinajstić information content (AvgIpc) is 3.23. The van der Waals surface area contributed by atoms with Crippen molar-refractivity contribution >= 4 is 18.2 Å². The standard InChI is InChI=1S/C19H17F2N7O/c20-15-7-14(8-16(21)9-15)17-1-2-25-28(17)19(29)27-5-3-26(4-6-27)18-23-11-13(10-22)12-24-18/h2,7-9,11-12,17H,1,3-6H2/t17-/m0/s1. The van der Waals surface area contributed by atoms with E-state index in [-0.39, 0.29) is 6.03 Å². The Morgan fingerprint density at radius 2 is 1.72 bits per heavy atom. The molecule has 1 atom stereocenters. The molecule has 148 valence electrons. The topological polar surface area (TPSA) is 88.7 Å². The maximum atomic E-state index is 13.6. The quantitative estimate of drug-likeness (QED) is 0.776. The number of amides is 2. The molecule has 1 saturated heterocycles. The third-order valence-electron chi connectivity index (χ3n) is 4.90. The van der Waals surface area contributed by atoms with Gasteiger partial charge in [-0.05, 0) is 17.7 Å². The molecule has 10 heteroatoms. The van der Waals surface area contributed by atoms with Gasteiger partial charge in [-0.15, -0.1) is 0 Å². The highest BCUT2D eigenvalue weighted by molar-refractivity contribution is 5.78. The zero-order valence-corrected chi connectivity index (χ0v) is 15.4. The normalized spacial score (nSPS) is 18.8. The Kier molecular flexibility index (Phi) is 5.03. The molecule has 2 aliphatic heterocycles. The molecule has 1 fully saturated rings. The molecule has 0 unspecified atom stereocenters. The summed E-state index contributed by atoms with van der Waals surface area (Å²) in [6.07, 6.45) is 4.89. The predicted molar refractivity (Wildman–Crippen MR) is 100.0 cm³/mol. The average molecular weight is 397 g/mol. The molecule has 1 aromatic heterocycles. The van der Waals surface area contributed by atoms with Gasteiger partial charge in [0.2, 0.25) is 5.95 Å². The largest absolute Gasteiger partial charge is 0.341 e. The minimum Gasteiger partial charge on any atom is -0.337 e. The number of nitrogens with zero attached hydrogens (tertiary/aromatic N) is 7. The highest BCUT2D eigenvalue weighted by atomic mass is 19.1. The molecule has 0 aliphatic carbocycles. The zero-order valence-electron chi connectivity index (χ0n) is 15.4. The van der Waals surface area contributed by atoms with E-state index in [1.165, 1.54) is 29.5 Å². The minimum atomic E-state index is -0.685. The number of hydrogen-bond acceptors (Lipinski definition) is 6. The van der Waals surface area contributed by atoms with E-state index in [0.29, 0.717) is 49.7 Å². The van der Waals surface area contributed by atoms with Crippen molar-refractivity contribution in [1.29, 1.82) is 5.26 Å². The van der Waals surface area contributed by atoms with Crippen LogP contribution >= 0.6 is 0 Å². The fraction of sp³-hybridized carbons (Fsp3) is 0.316. The van der Waals surface area contributed by atoms with E-state index in [1.807, 2.05) is 11.0 Å². The number of aromatic nitrogens is 2. The van der Waals surface area contributed by atoms with Crippen LogP contribution in [0.2, 0.25) is 0 Å². The van der Waals surface area contributed by atoms with Crippen molar-refractivity contribution in [2.24, 2.45) is 5.10 Å². The van der Waals surface area contributed by atoms with Gasteiger partial charge in [0.1, 0.15) is 17.7 Å². The van der Waals surface area contributed by atoms with Gasteiger partial charge in [0.05, 0.1) is 24.0 Å². The fourth-order valence-electron chi connectivity index (χ4n) is 3.43. The molecule has 29 heavy (non-hydrogen) atoms. The van der Waals surface area contributed by atoms with Crippen LogP contribution in [-0.2, 0) is 0 Å². The van der Waals surface area contributed by atoms with Crippen molar-refractivity contribution in [2.45, 2.75) is 12.5 Å². The highest BCUT2D eigenvalue weighted by Gasteiger charge is 2.33. The van der Waals surface area contributed by atoms with Crippen LogP contribution in [0.25, 0.3) is 0 Å². The summed E-state index contributed by atoms with van der Waals surface area (Å²) in [6.45, 7) is 1.90. The van der Waals surface area contributed by atoms with Crippen LogP contribution in [0.5, 0.6) is 0 Å². The number of nitriles is 1. The van der Waals surface area contributed by atoms with Gasteiger partial charge >= 0.3 is 6.03 Å². The molecular formula is C19H17F2N7O. The summed E-state index contributed by atoms with van der Waals surface area (Å²) in [5.41, 5.74) is 0.757. The molecule has 0 N–H and O–H groups in total. The second-order valence-corrected chi connectivity index (χ2v) is 6.74. The maximum Gasteiger partial charge on any atom is 0.341 e. The van der Waals surface area contributed by atoms with Gasteiger partial charge in [-0.3, -0.25) is 0 Å². The summed E-state index contributed by atoms with van der Waals surface area (Å²) < 4.78 is 27.2. The first-order chi connectivity index (χ1) is 14.0. The first-order valence-corrected chi connectivity index (χ1v) is 9.09. The molecule has 2 aromatic rings. The third kappa shape index (κ3) is 3.85. The Morgan fingerprint density at radius 3 is 2.34 bits per heavy atom. The van der Waals surface area contributed by atoms with Crippen molar-refractivity contribution in [1.82, 2.24) is 19.9 Å². The fourth-order valence-corrected chi connectivity index (χ4v) is 3.43. The number of piperazine rings is 1. The molecule has 4 rings (SSSR count). The molecule has 0 saturated carbocycles. The predicted octanol–water partition coefficient (Wildman–Crippen LogP) is 2.30. The maximum absolute atomic E-state index is 13.6. The Bertz CT molecular complexity index is 961. The van der Waals surface area contributed by atoms with E-state index in [0.717, 1.165) is 6.07 Å². The van der Waals surface area contributed by atoms with Crippen LogP contribution in [-0.4, -0.2) is 58.3 Å². The second kappa shape index (κ2) is 7.79. The molecule has 2 aliphatic rings. The smallest absolute Gasteiger partial charge is 0.337 e. The van der Waals surface area contributed by atoms with Crippen molar-refractivity contribution in [3.8, 4) is 6.07 Å². The van der Waals surface area contributed by atoms with Crippen molar-refractivity contribution in [3.05, 3.63) is 53.4 Å². The van der Waals surface area contributed by atoms with Gasteiger partial charge < -0.3 is 9.80 Å². The van der Waals surface area contributed by atoms with Crippen LogP contribution in [0.3, 0.4) is 0 Å². The van der Waals surface area contributed by atoms with Gasteiger partial charge in [0, 0.05) is 44.9 Å². The first kappa shape index (κ1) is 18.7. The van der Waals surface area contributed by atoms with E-state index in [1.54, 1.807) is 11.1 Å². The molecule has 2 amide bonds. The van der Waals surface area contributed by atoms with Gasteiger partial charge in [-0.1, -0.05) is 0 Å². The number of anilines is 1. The summed E-state index contributed by atoms with van der Waals surface area (Å²) in [5, 5.41) is 14.2. The minimum absolute atomic E-state index is 0.311. The monoisotopic (exact) mass is 397 g/mol. The molecule has 0 bridgehead atoms. The van der Waals surface area contributed by atoms with Crippen LogP contribution in [0.4, 0.5) is 19.5 Å². The lowest BCUT2D eigenvalue weighted by Crippen LogP contribution is -2.52. The van der Waals surface area contributed by atoms with Gasteiger partial charge in [-0.25, -0.2) is 28.6 Å². The molecule has 1 aromatic carbocycles. The summed E-state index contributed by atoms with van der Waals surface area (Å²) in [7, 11) is 0. The highest BCUT2D eigenvalue weighted by Crippen LogP contribution is 2.30. The Hall–Kier alpha value is -3.61. The number of rotatable bonds is 2. The summed E-state index contributed by atoms with van der Waals surface area (Å²) in [5.74, 6) is -0.867. The SMILES string of the molecule is N#Cc1cnc(N2CCN(C(=O)N3N=CC[C@H]3c3cc(F)cc(F)c3)CC2)nc1. The first-order valence-electron chi connectivity index (χ1n) is 9.09. The van der Waals surface area contributed by atoms with Crippen molar-refractivity contribution < 1.29 is 13.6 Å². The molecule has 8 nitrogen and oxygen atoms in total. The number of hydrogen-bond donors (Lipinski definition) is 0. The Morgan fingerprint density at radius 1 is 1.07 bits per heavy atom. The van der Waals surface area contributed by atoms with E-state index in [4.69, 9.17) is 5.26 Å². The van der Waals surface area contributed by atoms with Crippen LogP contribution in [0, 0.1) is 23.0 Å². The number of hydrazone groups is 1. The van der Waals surface area contributed by atoms with E-state index >= 15 is 0 Å². The Balaban J connectivity index is 1.42. The van der Waals surface area contributed by atoms with E-state index < -0.39 is 17.7 Å². The van der Waals surface area contributed by atoms with Crippen molar-refractivity contribution in [2.75, 3.05) is 31.1 Å². The Labute approximate surface area is 165 Å². The van der Waals surface area contributed by atoms with Crippen molar-refractivity contribution in [3.63, 3.8) is 0 Å². The number of carbonyl (C=O) groups excluding carboxylic acids is 1. The number of carbonyl (C=O) groups is 1. The molecule has 3 heterocycles. The van der Waals surface area contributed by atoms with Crippen LogP contribution in [0.15, 0.2) is 35.7 Å². The van der Waals surface area contributed by atoms with E-state index in [2.05, 4.69) is 15.1 Å². The lowest BCUT2D eigenvalue weighted by molar-refractivity contribution is 0.139. The number of urea groups is 1. The third-order valence-corrected chi connectivity index (χ3v) is 4.90. The summed E-state index contributed by atoms with van der Waals surface area (Å²) in [4.78, 5) is 24.9. The van der Waals surface area contributed by atoms with Gasteiger partial charge in [-0.2, -0.15) is 10.4 Å². The van der Waals surface area contributed by atoms with Gasteiger partial charge in [0.15, 0.2) is 0 Å². The van der Waals surface area contributed by atoms with Gasteiger partial charge in [0.25, 0.3) is 0 Å². The molecule has 0 spiro atoms. The number of halogens is 2. The molecular weight excluding hydrogens is 380 g/mol. The zero-order chi connectivity index (χ0) is 20.4. The van der Waals surface area contributed by atoms with Crippen LogP contribution in [0.1, 0.15) is 23.6 Å². The lowest BCUT2D eigenvalue weighted by Gasteiger charge is -2.37. The summed E-state index contributed by atoms with van der Waals surface area (Å²) >= 11 is 0. The summed E-state index contributed by atoms with van der Waals surface area (Å²) in [6, 6.07) is 4.38. The second-order valence-electron chi connectivity index (χ2n) is 6.74. The number of benzene rings is 1. The molecule has 0 radical (unpaired) electrons. The lowest BCUT2D eigenvalue weighted by atomic mass is 10.0. The van der Waals surface area contributed by atoms with Crippen LogP contribution < -0.4 is 4.90 Å².